The van der Waals surface area contributed by atoms with Crippen LogP contribution < -0.4 is 10.6 Å². The Labute approximate surface area is 196 Å². The number of amides is 1. The minimum absolute atomic E-state index is 0.117. The zero-order valence-electron chi connectivity index (χ0n) is 18.4. The number of benzene rings is 2. The third kappa shape index (κ3) is 5.85. The summed E-state index contributed by atoms with van der Waals surface area (Å²) in [6, 6.07) is 12.3. The molecular formula is C21H25N5O3S3. The van der Waals surface area contributed by atoms with Crippen LogP contribution in [0.3, 0.4) is 0 Å². The molecule has 3 rings (SSSR count). The fourth-order valence-corrected chi connectivity index (χ4v) is 5.51. The average Bonchev–Trinajstić information content (AvgIpc) is 3.17. The van der Waals surface area contributed by atoms with Crippen LogP contribution in [0.5, 0.6) is 0 Å². The minimum atomic E-state index is -3.58. The molecule has 1 atom stereocenters. The van der Waals surface area contributed by atoms with E-state index in [1.54, 1.807) is 19.1 Å². The molecule has 0 radical (unpaired) electrons. The number of aryl methyl sites for hydroxylation is 2. The van der Waals surface area contributed by atoms with Crippen molar-refractivity contribution >= 4 is 55.5 Å². The highest BCUT2D eigenvalue weighted by Crippen LogP contribution is 2.31. The van der Waals surface area contributed by atoms with Gasteiger partial charge in [0.05, 0.1) is 10.1 Å². The van der Waals surface area contributed by atoms with Gasteiger partial charge in [-0.05, 0) is 62.2 Å². The average molecular weight is 492 g/mol. The monoisotopic (exact) mass is 491 g/mol. The lowest BCUT2D eigenvalue weighted by Crippen LogP contribution is -2.24. The highest BCUT2D eigenvalue weighted by Gasteiger charge is 2.20. The van der Waals surface area contributed by atoms with Crippen LogP contribution in [0.15, 0.2) is 51.7 Å². The van der Waals surface area contributed by atoms with Gasteiger partial charge in [-0.3, -0.25) is 4.79 Å². The second-order valence-electron chi connectivity index (χ2n) is 7.36. The van der Waals surface area contributed by atoms with Crippen LogP contribution in [0.2, 0.25) is 0 Å². The number of carbonyl (C=O) groups excluding carboxylic acids is 1. The third-order valence-electron chi connectivity index (χ3n) is 4.69. The first kappa shape index (κ1) is 24.2. The summed E-state index contributed by atoms with van der Waals surface area (Å²) in [6.07, 6.45) is 0. The Kier molecular flexibility index (Phi) is 7.55. The first-order valence-corrected chi connectivity index (χ1v) is 12.9. The Morgan fingerprint density at radius 1 is 1.06 bits per heavy atom. The Balaban J connectivity index is 1.62. The van der Waals surface area contributed by atoms with Crippen LogP contribution in [0, 0.1) is 13.8 Å². The van der Waals surface area contributed by atoms with Crippen LogP contribution in [0.1, 0.15) is 18.1 Å². The van der Waals surface area contributed by atoms with E-state index in [1.165, 1.54) is 60.5 Å². The van der Waals surface area contributed by atoms with Crippen molar-refractivity contribution in [2.24, 2.45) is 0 Å². The molecular weight excluding hydrogens is 466 g/mol. The van der Waals surface area contributed by atoms with Crippen molar-refractivity contribution in [1.29, 1.82) is 0 Å². The topological polar surface area (TPSA) is 104 Å². The molecule has 32 heavy (non-hydrogen) atoms. The predicted octanol–water partition coefficient (Wildman–Crippen LogP) is 4.27. The zero-order valence-corrected chi connectivity index (χ0v) is 20.9. The molecule has 0 aliphatic rings. The molecule has 1 unspecified atom stereocenters. The fourth-order valence-electron chi connectivity index (χ4n) is 2.64. The molecule has 1 heterocycles. The Morgan fingerprint density at radius 3 is 2.50 bits per heavy atom. The van der Waals surface area contributed by atoms with Gasteiger partial charge in [-0.2, -0.15) is 0 Å². The molecule has 0 saturated carbocycles. The van der Waals surface area contributed by atoms with Gasteiger partial charge in [0.25, 0.3) is 0 Å². The lowest BCUT2D eigenvalue weighted by molar-refractivity contribution is -0.115. The van der Waals surface area contributed by atoms with Crippen LogP contribution in [-0.4, -0.2) is 48.2 Å². The molecule has 8 nitrogen and oxygen atoms in total. The molecule has 0 fully saturated rings. The van der Waals surface area contributed by atoms with Crippen LogP contribution >= 0.6 is 23.1 Å². The number of rotatable bonds is 8. The lowest BCUT2D eigenvalue weighted by Gasteiger charge is -2.14. The molecule has 0 bridgehead atoms. The SMILES string of the molecule is Cc1ccc(Nc2nnc(SC(C)C(=O)Nc3cccc(S(=O)(=O)N(C)C)c3)s2)cc1C. The Morgan fingerprint density at radius 2 is 1.81 bits per heavy atom. The first-order chi connectivity index (χ1) is 15.1. The number of sulfonamides is 1. The molecule has 0 aliphatic carbocycles. The summed E-state index contributed by atoms with van der Waals surface area (Å²) in [4.78, 5) is 12.7. The van der Waals surface area contributed by atoms with E-state index in [2.05, 4.69) is 27.8 Å². The molecule has 3 aromatic rings. The summed E-state index contributed by atoms with van der Waals surface area (Å²) in [5.41, 5.74) is 3.74. The van der Waals surface area contributed by atoms with Crippen molar-refractivity contribution in [1.82, 2.24) is 14.5 Å². The van der Waals surface area contributed by atoms with Gasteiger partial charge in [0, 0.05) is 25.5 Å². The standard InChI is InChI=1S/C21H25N5O3S3/c1-13-9-10-17(11-14(13)2)23-20-24-25-21(31-20)30-15(3)19(27)22-16-7-6-8-18(12-16)32(28,29)26(4)5/h6-12,15H,1-5H3,(H,22,27)(H,23,24). The highest BCUT2D eigenvalue weighted by molar-refractivity contribution is 8.02. The van der Waals surface area contributed by atoms with Gasteiger partial charge in [-0.1, -0.05) is 35.2 Å². The number of nitrogens with one attached hydrogen (secondary N) is 2. The smallest absolute Gasteiger partial charge is 0.242 e. The first-order valence-electron chi connectivity index (χ1n) is 9.74. The maximum atomic E-state index is 12.6. The number of carbonyl (C=O) groups is 1. The zero-order chi connectivity index (χ0) is 23.5. The molecule has 2 N–H and O–H groups in total. The highest BCUT2D eigenvalue weighted by atomic mass is 32.2. The summed E-state index contributed by atoms with van der Waals surface area (Å²) in [7, 11) is -0.653. The van der Waals surface area contributed by atoms with E-state index < -0.39 is 15.3 Å². The van der Waals surface area contributed by atoms with E-state index in [0.717, 1.165) is 9.99 Å². The molecule has 1 amide bonds. The summed E-state index contributed by atoms with van der Waals surface area (Å²) in [6.45, 7) is 5.87. The molecule has 11 heteroatoms. The van der Waals surface area contributed by atoms with Crippen LogP contribution in [0.4, 0.5) is 16.5 Å². The number of hydrogen-bond donors (Lipinski definition) is 2. The maximum absolute atomic E-state index is 12.6. The fraction of sp³-hybridized carbons (Fsp3) is 0.286. The van der Waals surface area contributed by atoms with Gasteiger partial charge in [0.1, 0.15) is 0 Å². The van der Waals surface area contributed by atoms with Gasteiger partial charge in [0.15, 0.2) is 4.34 Å². The molecule has 1 aromatic heterocycles. The summed E-state index contributed by atoms with van der Waals surface area (Å²) in [5.74, 6) is -0.256. The van der Waals surface area contributed by atoms with E-state index in [9.17, 15) is 13.2 Å². The summed E-state index contributed by atoms with van der Waals surface area (Å²) in [5, 5.41) is 14.5. The normalized spacial score (nSPS) is 12.6. The van der Waals surface area contributed by atoms with Crippen molar-refractivity contribution in [2.75, 3.05) is 24.7 Å². The number of hydrogen-bond acceptors (Lipinski definition) is 8. The van der Waals surface area contributed by atoms with Gasteiger partial charge < -0.3 is 10.6 Å². The van der Waals surface area contributed by atoms with E-state index in [1.807, 2.05) is 25.1 Å². The van der Waals surface area contributed by atoms with Crippen molar-refractivity contribution in [2.45, 2.75) is 35.3 Å². The van der Waals surface area contributed by atoms with E-state index in [4.69, 9.17) is 0 Å². The quantitative estimate of drug-likeness (QED) is 0.454. The third-order valence-corrected chi connectivity index (χ3v) is 8.53. The number of aromatic nitrogens is 2. The van der Waals surface area contributed by atoms with Crippen molar-refractivity contribution in [3.05, 3.63) is 53.6 Å². The van der Waals surface area contributed by atoms with Crippen molar-refractivity contribution in [3.8, 4) is 0 Å². The number of anilines is 3. The van der Waals surface area contributed by atoms with Gasteiger partial charge in [0.2, 0.25) is 21.1 Å². The van der Waals surface area contributed by atoms with Crippen LogP contribution in [0.25, 0.3) is 0 Å². The van der Waals surface area contributed by atoms with E-state index in [0.29, 0.717) is 15.2 Å². The van der Waals surface area contributed by atoms with Gasteiger partial charge >= 0.3 is 0 Å². The van der Waals surface area contributed by atoms with Crippen molar-refractivity contribution in [3.63, 3.8) is 0 Å². The largest absolute Gasteiger partial charge is 0.330 e. The van der Waals surface area contributed by atoms with E-state index in [-0.39, 0.29) is 10.8 Å². The van der Waals surface area contributed by atoms with Gasteiger partial charge in [-0.15, -0.1) is 10.2 Å². The number of nitrogens with zero attached hydrogens (tertiary/aromatic N) is 3. The molecule has 0 saturated heterocycles. The Hall–Kier alpha value is -2.47. The second-order valence-corrected chi connectivity index (χ2v) is 12.1. The minimum Gasteiger partial charge on any atom is -0.330 e. The summed E-state index contributed by atoms with van der Waals surface area (Å²) < 4.78 is 26.4. The second kappa shape index (κ2) is 9.99. The predicted molar refractivity (Wildman–Crippen MR) is 130 cm³/mol. The molecule has 0 aliphatic heterocycles. The molecule has 170 valence electrons. The maximum Gasteiger partial charge on any atom is 0.242 e. The molecule has 0 spiro atoms. The van der Waals surface area contributed by atoms with Crippen molar-refractivity contribution < 1.29 is 13.2 Å². The van der Waals surface area contributed by atoms with Crippen LogP contribution in [-0.2, 0) is 14.8 Å². The number of thioether (sulfide) groups is 1. The lowest BCUT2D eigenvalue weighted by atomic mass is 10.1. The van der Waals surface area contributed by atoms with Gasteiger partial charge in [-0.25, -0.2) is 12.7 Å². The summed E-state index contributed by atoms with van der Waals surface area (Å²) >= 11 is 2.65. The van der Waals surface area contributed by atoms with E-state index >= 15 is 0 Å². The Bertz CT molecular complexity index is 1220. The molecule has 2 aromatic carbocycles.